The average Bonchev–Trinajstić information content (AvgIpc) is 2.74. The first-order chi connectivity index (χ1) is 8.22. The van der Waals surface area contributed by atoms with Gasteiger partial charge in [0.25, 0.3) is 0 Å². The Bertz CT molecular complexity index is 505. The molecule has 1 aromatic carbocycles. The maximum absolute atomic E-state index is 5.69. The van der Waals surface area contributed by atoms with Crippen LogP contribution in [0.3, 0.4) is 0 Å². The van der Waals surface area contributed by atoms with Crippen LogP contribution in [0.1, 0.15) is 16.7 Å². The van der Waals surface area contributed by atoms with E-state index < -0.39 is 0 Å². The minimum atomic E-state index is 0.481. The van der Waals surface area contributed by atoms with Crippen molar-refractivity contribution >= 4 is 0 Å². The molecule has 0 saturated heterocycles. The summed E-state index contributed by atoms with van der Waals surface area (Å²) < 4.78 is 7.16. The standard InChI is InChI=1S/C13H17N3O/c1-10-7-15-16(8-10)9-11-3-4-13(17-2)12(5-11)6-14/h3-5,7-8H,6,9,14H2,1-2H3. The van der Waals surface area contributed by atoms with Crippen molar-refractivity contribution in [1.29, 1.82) is 0 Å². The molecule has 0 fully saturated rings. The van der Waals surface area contributed by atoms with Gasteiger partial charge in [-0.1, -0.05) is 6.07 Å². The molecule has 2 aromatic rings. The zero-order chi connectivity index (χ0) is 12.3. The molecule has 0 aliphatic carbocycles. The van der Waals surface area contributed by atoms with Gasteiger partial charge in [-0.15, -0.1) is 0 Å². The molecule has 0 atom stereocenters. The smallest absolute Gasteiger partial charge is 0.123 e. The summed E-state index contributed by atoms with van der Waals surface area (Å²) in [5, 5.41) is 4.26. The molecule has 90 valence electrons. The average molecular weight is 231 g/mol. The largest absolute Gasteiger partial charge is 0.496 e. The normalized spacial score (nSPS) is 10.5. The van der Waals surface area contributed by atoms with E-state index in [0.717, 1.165) is 23.4 Å². The van der Waals surface area contributed by atoms with Gasteiger partial charge in [0.1, 0.15) is 5.75 Å². The third-order valence-electron chi connectivity index (χ3n) is 2.67. The fourth-order valence-electron chi connectivity index (χ4n) is 1.83. The van der Waals surface area contributed by atoms with Crippen molar-refractivity contribution in [3.63, 3.8) is 0 Å². The third kappa shape index (κ3) is 2.65. The molecule has 0 unspecified atom stereocenters. The van der Waals surface area contributed by atoms with E-state index in [1.54, 1.807) is 7.11 Å². The lowest BCUT2D eigenvalue weighted by Gasteiger charge is -2.09. The topological polar surface area (TPSA) is 53.1 Å². The fourth-order valence-corrected chi connectivity index (χ4v) is 1.83. The summed E-state index contributed by atoms with van der Waals surface area (Å²) in [7, 11) is 1.66. The summed E-state index contributed by atoms with van der Waals surface area (Å²) >= 11 is 0. The van der Waals surface area contributed by atoms with Gasteiger partial charge in [-0.3, -0.25) is 4.68 Å². The number of rotatable bonds is 4. The highest BCUT2D eigenvalue weighted by molar-refractivity contribution is 5.37. The van der Waals surface area contributed by atoms with E-state index in [9.17, 15) is 0 Å². The Morgan fingerprint density at radius 1 is 1.41 bits per heavy atom. The van der Waals surface area contributed by atoms with Crippen molar-refractivity contribution in [2.45, 2.75) is 20.0 Å². The molecule has 4 nitrogen and oxygen atoms in total. The van der Waals surface area contributed by atoms with Gasteiger partial charge >= 0.3 is 0 Å². The second-order valence-corrected chi connectivity index (χ2v) is 4.07. The summed E-state index contributed by atoms with van der Waals surface area (Å²) in [6.45, 7) is 3.27. The SMILES string of the molecule is COc1ccc(Cn2cc(C)cn2)cc1CN. The molecule has 2 rings (SSSR count). The number of methoxy groups -OCH3 is 1. The van der Waals surface area contributed by atoms with Crippen LogP contribution in [-0.4, -0.2) is 16.9 Å². The first-order valence-electron chi connectivity index (χ1n) is 5.58. The molecule has 0 bridgehead atoms. The Morgan fingerprint density at radius 3 is 2.82 bits per heavy atom. The molecule has 0 amide bonds. The van der Waals surface area contributed by atoms with Gasteiger partial charge in [0.05, 0.1) is 19.9 Å². The second-order valence-electron chi connectivity index (χ2n) is 4.07. The molecule has 17 heavy (non-hydrogen) atoms. The fraction of sp³-hybridized carbons (Fsp3) is 0.308. The van der Waals surface area contributed by atoms with E-state index in [-0.39, 0.29) is 0 Å². The maximum atomic E-state index is 5.69. The monoisotopic (exact) mass is 231 g/mol. The van der Waals surface area contributed by atoms with Crippen LogP contribution in [0.25, 0.3) is 0 Å². The van der Waals surface area contributed by atoms with Gasteiger partial charge in [0.2, 0.25) is 0 Å². The molecule has 0 radical (unpaired) electrons. The second kappa shape index (κ2) is 5.01. The van der Waals surface area contributed by atoms with Crippen LogP contribution in [0.4, 0.5) is 0 Å². The number of nitrogens with zero attached hydrogens (tertiary/aromatic N) is 2. The molecule has 2 N–H and O–H groups in total. The Balaban J connectivity index is 2.22. The first-order valence-corrected chi connectivity index (χ1v) is 5.58. The predicted octanol–water partition coefficient (Wildman–Crippen LogP) is 1.71. The zero-order valence-electron chi connectivity index (χ0n) is 10.2. The summed E-state index contributed by atoms with van der Waals surface area (Å²) in [5.74, 6) is 0.841. The van der Waals surface area contributed by atoms with Crippen molar-refractivity contribution in [2.24, 2.45) is 5.73 Å². The lowest BCUT2D eigenvalue weighted by molar-refractivity contribution is 0.409. The minimum absolute atomic E-state index is 0.481. The van der Waals surface area contributed by atoms with E-state index >= 15 is 0 Å². The summed E-state index contributed by atoms with van der Waals surface area (Å²) in [6, 6.07) is 6.05. The summed E-state index contributed by atoms with van der Waals surface area (Å²) in [4.78, 5) is 0. The van der Waals surface area contributed by atoms with E-state index in [4.69, 9.17) is 10.5 Å². The van der Waals surface area contributed by atoms with Crippen LogP contribution < -0.4 is 10.5 Å². The molecule has 0 aliphatic heterocycles. The molecule has 0 saturated carbocycles. The molecule has 0 spiro atoms. The molecule has 1 aromatic heterocycles. The van der Waals surface area contributed by atoms with Gasteiger partial charge in [0.15, 0.2) is 0 Å². The van der Waals surface area contributed by atoms with E-state index in [0.29, 0.717) is 6.54 Å². The number of hydrogen-bond donors (Lipinski definition) is 1. The summed E-state index contributed by atoms with van der Waals surface area (Å²) in [6.07, 6.45) is 3.87. The zero-order valence-corrected chi connectivity index (χ0v) is 10.2. The Kier molecular flexibility index (Phi) is 3.44. The lowest BCUT2D eigenvalue weighted by Crippen LogP contribution is -2.04. The van der Waals surface area contributed by atoms with Crippen LogP contribution in [0.5, 0.6) is 5.75 Å². The van der Waals surface area contributed by atoms with Crippen molar-refractivity contribution in [2.75, 3.05) is 7.11 Å². The van der Waals surface area contributed by atoms with Gasteiger partial charge in [-0.25, -0.2) is 0 Å². The lowest BCUT2D eigenvalue weighted by atomic mass is 10.1. The third-order valence-corrected chi connectivity index (χ3v) is 2.67. The Hall–Kier alpha value is -1.81. The molecular weight excluding hydrogens is 214 g/mol. The van der Waals surface area contributed by atoms with Gasteiger partial charge in [0, 0.05) is 18.3 Å². The van der Waals surface area contributed by atoms with Gasteiger partial charge in [-0.05, 0) is 30.2 Å². The number of hydrogen-bond acceptors (Lipinski definition) is 3. The van der Waals surface area contributed by atoms with E-state index in [1.165, 1.54) is 5.56 Å². The number of benzene rings is 1. The first kappa shape index (κ1) is 11.7. The molecule has 0 aliphatic rings. The predicted molar refractivity (Wildman–Crippen MR) is 67.0 cm³/mol. The van der Waals surface area contributed by atoms with Crippen LogP contribution in [0.15, 0.2) is 30.6 Å². The van der Waals surface area contributed by atoms with Crippen molar-refractivity contribution in [3.8, 4) is 5.75 Å². The van der Waals surface area contributed by atoms with Crippen LogP contribution in [0.2, 0.25) is 0 Å². The van der Waals surface area contributed by atoms with Crippen molar-refractivity contribution in [3.05, 3.63) is 47.3 Å². The molecular formula is C13H17N3O. The Labute approximate surface area is 101 Å². The summed E-state index contributed by atoms with van der Waals surface area (Å²) in [5.41, 5.74) is 9.05. The minimum Gasteiger partial charge on any atom is -0.496 e. The Morgan fingerprint density at radius 2 is 2.24 bits per heavy atom. The van der Waals surface area contributed by atoms with E-state index in [1.807, 2.05) is 36.1 Å². The number of aryl methyl sites for hydroxylation is 1. The highest BCUT2D eigenvalue weighted by atomic mass is 16.5. The number of nitrogens with two attached hydrogens (primary N) is 1. The van der Waals surface area contributed by atoms with Crippen LogP contribution in [-0.2, 0) is 13.1 Å². The highest BCUT2D eigenvalue weighted by Gasteiger charge is 2.03. The quantitative estimate of drug-likeness (QED) is 0.871. The molecule has 1 heterocycles. The van der Waals surface area contributed by atoms with Crippen LogP contribution >= 0.6 is 0 Å². The van der Waals surface area contributed by atoms with Crippen molar-refractivity contribution < 1.29 is 4.74 Å². The van der Waals surface area contributed by atoms with Gasteiger partial charge < -0.3 is 10.5 Å². The van der Waals surface area contributed by atoms with Crippen molar-refractivity contribution in [1.82, 2.24) is 9.78 Å². The van der Waals surface area contributed by atoms with Crippen LogP contribution in [0, 0.1) is 6.92 Å². The number of aromatic nitrogens is 2. The maximum Gasteiger partial charge on any atom is 0.123 e. The van der Waals surface area contributed by atoms with E-state index in [2.05, 4.69) is 11.2 Å². The highest BCUT2D eigenvalue weighted by Crippen LogP contribution is 2.19. The molecule has 4 heteroatoms. The van der Waals surface area contributed by atoms with Gasteiger partial charge in [-0.2, -0.15) is 5.10 Å². The number of ether oxygens (including phenoxy) is 1.